The number of ether oxygens (including phenoxy) is 1. The van der Waals surface area contributed by atoms with Gasteiger partial charge in [0.1, 0.15) is 0 Å². The first-order chi connectivity index (χ1) is 8.60. The zero-order valence-corrected chi connectivity index (χ0v) is 12.9. The van der Waals surface area contributed by atoms with Crippen molar-refractivity contribution in [2.24, 2.45) is 5.41 Å². The van der Waals surface area contributed by atoms with Gasteiger partial charge in [0.25, 0.3) is 0 Å². The average Bonchev–Trinajstić information content (AvgIpc) is 2.32. The monoisotopic (exact) mass is 329 g/mol. The number of hydrogen-bond donors (Lipinski definition) is 0. The van der Waals surface area contributed by atoms with Gasteiger partial charge in [-0.05, 0) is 53.4 Å². The number of hydrogen-bond acceptors (Lipinski definition) is 2. The van der Waals surface area contributed by atoms with Gasteiger partial charge in [-0.2, -0.15) is 0 Å². The van der Waals surface area contributed by atoms with Crippen molar-refractivity contribution in [3.05, 3.63) is 27.2 Å². The van der Waals surface area contributed by atoms with E-state index in [-0.39, 0.29) is 0 Å². The van der Waals surface area contributed by atoms with Crippen molar-refractivity contribution in [3.63, 3.8) is 0 Å². The highest BCUT2D eigenvalue weighted by atomic mass is 79.9. The minimum Gasteiger partial charge on any atom is -0.381 e. The summed E-state index contributed by atoms with van der Waals surface area (Å²) in [6.45, 7) is 6.14. The van der Waals surface area contributed by atoms with Crippen LogP contribution in [0.4, 0.5) is 5.69 Å². The molecule has 0 radical (unpaired) electrons. The van der Waals surface area contributed by atoms with E-state index in [1.54, 1.807) is 0 Å². The number of halogens is 2. The first-order valence-corrected chi connectivity index (χ1v) is 7.55. The summed E-state index contributed by atoms with van der Waals surface area (Å²) in [6.07, 6.45) is 2.39. The van der Waals surface area contributed by atoms with Gasteiger partial charge in [-0.1, -0.05) is 11.6 Å². The Kier molecular flexibility index (Phi) is 3.33. The van der Waals surface area contributed by atoms with E-state index in [0.29, 0.717) is 5.41 Å². The molecule has 0 saturated carbocycles. The third-order valence-electron chi connectivity index (χ3n) is 4.17. The Morgan fingerprint density at radius 1 is 1.28 bits per heavy atom. The average molecular weight is 331 g/mol. The van der Waals surface area contributed by atoms with Crippen molar-refractivity contribution in [3.8, 4) is 0 Å². The summed E-state index contributed by atoms with van der Waals surface area (Å²) in [5, 5.41) is 0.848. The number of benzene rings is 1. The van der Waals surface area contributed by atoms with E-state index in [9.17, 15) is 0 Å². The van der Waals surface area contributed by atoms with E-state index >= 15 is 0 Å². The molecule has 0 unspecified atom stereocenters. The maximum Gasteiger partial charge on any atom is 0.0526 e. The van der Waals surface area contributed by atoms with Crippen LogP contribution in [-0.2, 0) is 4.74 Å². The molecular weight excluding hydrogens is 314 g/mol. The van der Waals surface area contributed by atoms with Crippen LogP contribution in [-0.4, -0.2) is 26.3 Å². The van der Waals surface area contributed by atoms with Crippen LogP contribution in [0.15, 0.2) is 16.6 Å². The van der Waals surface area contributed by atoms with Crippen molar-refractivity contribution >= 4 is 33.2 Å². The minimum absolute atomic E-state index is 0.495. The lowest BCUT2D eigenvalue weighted by atomic mass is 9.73. The fraction of sp³-hybridized carbons (Fsp3) is 0.571. The summed E-state index contributed by atoms with van der Waals surface area (Å²) < 4.78 is 6.60. The molecule has 2 saturated heterocycles. The van der Waals surface area contributed by atoms with Gasteiger partial charge in [0.15, 0.2) is 0 Å². The lowest BCUT2D eigenvalue weighted by molar-refractivity contribution is -0.000232. The predicted octanol–water partition coefficient (Wildman–Crippen LogP) is 4.03. The molecule has 18 heavy (non-hydrogen) atoms. The third kappa shape index (κ3) is 2.17. The van der Waals surface area contributed by atoms with Crippen molar-refractivity contribution in [1.29, 1.82) is 0 Å². The van der Waals surface area contributed by atoms with Crippen molar-refractivity contribution < 1.29 is 4.74 Å². The molecule has 98 valence electrons. The zero-order valence-electron chi connectivity index (χ0n) is 10.5. The number of anilines is 1. The topological polar surface area (TPSA) is 12.5 Å². The fourth-order valence-corrected chi connectivity index (χ4v) is 3.80. The molecular formula is C14H17BrClNO. The van der Waals surface area contributed by atoms with Gasteiger partial charge in [-0.3, -0.25) is 0 Å². The van der Waals surface area contributed by atoms with Crippen molar-refractivity contribution in [1.82, 2.24) is 0 Å². The molecule has 2 fully saturated rings. The Morgan fingerprint density at radius 2 is 1.94 bits per heavy atom. The molecule has 0 amide bonds. The Balaban J connectivity index is 1.76. The zero-order chi connectivity index (χ0) is 12.8. The highest BCUT2D eigenvalue weighted by molar-refractivity contribution is 9.10. The third-order valence-corrected chi connectivity index (χ3v) is 5.22. The molecule has 3 rings (SSSR count). The summed E-state index contributed by atoms with van der Waals surface area (Å²) in [6, 6.07) is 4.18. The second kappa shape index (κ2) is 4.69. The number of rotatable bonds is 1. The Hall–Kier alpha value is -0.250. The van der Waals surface area contributed by atoms with Gasteiger partial charge in [-0.25, -0.2) is 0 Å². The van der Waals surface area contributed by atoms with Crippen LogP contribution in [0.5, 0.6) is 0 Å². The highest BCUT2D eigenvalue weighted by Crippen LogP contribution is 2.44. The Bertz CT molecular complexity index is 463. The van der Waals surface area contributed by atoms with Crippen molar-refractivity contribution in [2.75, 3.05) is 31.2 Å². The van der Waals surface area contributed by atoms with Crippen LogP contribution in [0.1, 0.15) is 18.4 Å². The first-order valence-electron chi connectivity index (χ1n) is 6.38. The summed E-state index contributed by atoms with van der Waals surface area (Å²) in [5.41, 5.74) is 2.84. The Morgan fingerprint density at radius 3 is 2.61 bits per heavy atom. The lowest BCUT2D eigenvalue weighted by Gasteiger charge is -2.53. The fourth-order valence-electron chi connectivity index (χ4n) is 2.93. The van der Waals surface area contributed by atoms with Gasteiger partial charge in [0.2, 0.25) is 0 Å². The van der Waals surface area contributed by atoms with E-state index < -0.39 is 0 Å². The molecule has 2 heterocycles. The maximum atomic E-state index is 6.22. The largest absolute Gasteiger partial charge is 0.381 e. The van der Waals surface area contributed by atoms with Crippen molar-refractivity contribution in [2.45, 2.75) is 19.8 Å². The normalized spacial score (nSPS) is 22.1. The number of nitrogens with zero attached hydrogens (tertiary/aromatic N) is 1. The second-order valence-corrected chi connectivity index (χ2v) is 6.78. The van der Waals surface area contributed by atoms with Crippen LogP contribution in [0.25, 0.3) is 0 Å². The van der Waals surface area contributed by atoms with Gasteiger partial charge in [-0.15, -0.1) is 0 Å². The van der Waals surface area contributed by atoms with Crippen LogP contribution in [0.2, 0.25) is 5.02 Å². The Labute approximate surface area is 121 Å². The lowest BCUT2D eigenvalue weighted by Crippen LogP contribution is -2.58. The van der Waals surface area contributed by atoms with Crippen LogP contribution in [0.3, 0.4) is 0 Å². The SMILES string of the molecule is Cc1cc(Br)c(N2CC3(CCOCC3)C2)cc1Cl. The van der Waals surface area contributed by atoms with Gasteiger partial charge in [0, 0.05) is 41.2 Å². The van der Waals surface area contributed by atoms with Gasteiger partial charge >= 0.3 is 0 Å². The highest BCUT2D eigenvalue weighted by Gasteiger charge is 2.44. The molecule has 1 aromatic carbocycles. The van der Waals surface area contributed by atoms with E-state index in [2.05, 4.69) is 33.0 Å². The van der Waals surface area contributed by atoms with Gasteiger partial charge < -0.3 is 9.64 Å². The second-order valence-electron chi connectivity index (χ2n) is 5.52. The molecule has 0 atom stereocenters. The smallest absolute Gasteiger partial charge is 0.0526 e. The van der Waals surface area contributed by atoms with E-state index in [4.69, 9.17) is 16.3 Å². The molecule has 2 nitrogen and oxygen atoms in total. The van der Waals surface area contributed by atoms with Crippen LogP contribution >= 0.6 is 27.5 Å². The molecule has 0 N–H and O–H groups in total. The molecule has 4 heteroatoms. The molecule has 2 aliphatic rings. The summed E-state index contributed by atoms with van der Waals surface area (Å²) in [4.78, 5) is 2.42. The molecule has 2 aliphatic heterocycles. The van der Waals surface area contributed by atoms with Crippen LogP contribution in [0, 0.1) is 12.3 Å². The van der Waals surface area contributed by atoms with E-state index in [0.717, 1.165) is 41.4 Å². The summed E-state index contributed by atoms with van der Waals surface area (Å²) >= 11 is 9.86. The molecule has 1 spiro atoms. The molecule has 0 aromatic heterocycles. The van der Waals surface area contributed by atoms with Crippen LogP contribution < -0.4 is 4.90 Å². The van der Waals surface area contributed by atoms with Gasteiger partial charge in [0.05, 0.1) is 5.69 Å². The molecule has 1 aromatic rings. The number of aryl methyl sites for hydroxylation is 1. The van der Waals surface area contributed by atoms with E-state index in [1.165, 1.54) is 18.5 Å². The summed E-state index contributed by atoms with van der Waals surface area (Å²) in [5.74, 6) is 0. The maximum absolute atomic E-state index is 6.22. The predicted molar refractivity (Wildman–Crippen MR) is 78.6 cm³/mol. The van der Waals surface area contributed by atoms with E-state index in [1.807, 2.05) is 6.92 Å². The molecule has 0 bridgehead atoms. The summed E-state index contributed by atoms with van der Waals surface area (Å²) in [7, 11) is 0. The quantitative estimate of drug-likeness (QED) is 0.771. The minimum atomic E-state index is 0.495. The first kappa shape index (κ1) is 12.8. The molecule has 0 aliphatic carbocycles. The standard InChI is InChI=1S/C14H17BrClNO/c1-10-6-11(15)13(7-12(10)16)17-8-14(9-17)2-4-18-5-3-14/h6-7H,2-5,8-9H2,1H3.